The van der Waals surface area contributed by atoms with E-state index in [2.05, 4.69) is 10.3 Å². The lowest BCUT2D eigenvalue weighted by atomic mass is 10.2. The van der Waals surface area contributed by atoms with Crippen LogP contribution in [0, 0.1) is 5.82 Å². The topological polar surface area (TPSA) is 54.5 Å². The van der Waals surface area contributed by atoms with E-state index < -0.39 is 6.17 Å². The normalized spacial score (nSPS) is 15.6. The van der Waals surface area contributed by atoms with Crippen LogP contribution in [0.25, 0.3) is 0 Å². The summed E-state index contributed by atoms with van der Waals surface area (Å²) in [7, 11) is 1.61. The fourth-order valence-corrected chi connectivity index (χ4v) is 3.18. The van der Waals surface area contributed by atoms with Crippen molar-refractivity contribution in [3.63, 3.8) is 0 Å². The molecule has 1 amide bonds. The van der Waals surface area contributed by atoms with Crippen molar-refractivity contribution in [3.8, 4) is 5.75 Å². The standard InChI is InChI=1S/C21H18FN3O2/c1-27-17-10-8-16(9-11-17)24-20-19-18(3-2-12-23-19)21(26)25(20)13-14-4-6-15(22)7-5-14/h2-12,20,24H,13H2,1H3/t20-/m1/s1. The number of ether oxygens (including phenoxy) is 1. The molecule has 0 radical (unpaired) electrons. The van der Waals surface area contributed by atoms with Crippen molar-refractivity contribution in [1.82, 2.24) is 9.88 Å². The highest BCUT2D eigenvalue weighted by atomic mass is 19.1. The highest BCUT2D eigenvalue weighted by molar-refractivity contribution is 5.98. The highest BCUT2D eigenvalue weighted by Crippen LogP contribution is 2.34. The molecule has 0 saturated carbocycles. The number of hydrogen-bond donors (Lipinski definition) is 1. The van der Waals surface area contributed by atoms with E-state index in [9.17, 15) is 9.18 Å². The number of pyridine rings is 1. The Labute approximate surface area is 156 Å². The van der Waals surface area contributed by atoms with Crippen molar-refractivity contribution in [2.45, 2.75) is 12.7 Å². The second-order valence-corrected chi connectivity index (χ2v) is 6.27. The van der Waals surface area contributed by atoms with Crippen LogP contribution in [0.1, 0.15) is 27.8 Å². The smallest absolute Gasteiger partial charge is 0.258 e. The Balaban J connectivity index is 1.65. The first-order chi connectivity index (χ1) is 13.2. The molecule has 0 saturated heterocycles. The van der Waals surface area contributed by atoms with Gasteiger partial charge in [-0.15, -0.1) is 0 Å². The lowest BCUT2D eigenvalue weighted by molar-refractivity contribution is 0.0727. The number of methoxy groups -OCH3 is 1. The van der Waals surface area contributed by atoms with Crippen LogP contribution in [0.4, 0.5) is 10.1 Å². The average Bonchev–Trinajstić information content (AvgIpc) is 2.96. The zero-order valence-corrected chi connectivity index (χ0v) is 14.7. The van der Waals surface area contributed by atoms with Gasteiger partial charge in [-0.3, -0.25) is 9.78 Å². The van der Waals surface area contributed by atoms with Crippen molar-refractivity contribution in [2.24, 2.45) is 0 Å². The van der Waals surface area contributed by atoms with Crippen LogP contribution in [-0.4, -0.2) is 22.9 Å². The van der Waals surface area contributed by atoms with Gasteiger partial charge < -0.3 is 15.0 Å². The largest absolute Gasteiger partial charge is 0.497 e. The average molecular weight is 363 g/mol. The first-order valence-corrected chi connectivity index (χ1v) is 8.56. The number of anilines is 1. The maximum absolute atomic E-state index is 13.2. The van der Waals surface area contributed by atoms with Crippen LogP contribution >= 0.6 is 0 Å². The summed E-state index contributed by atoms with van der Waals surface area (Å²) in [5, 5.41) is 3.37. The number of nitrogens with zero attached hydrogens (tertiary/aromatic N) is 2. The fraction of sp³-hybridized carbons (Fsp3) is 0.143. The van der Waals surface area contributed by atoms with Gasteiger partial charge in [0.15, 0.2) is 0 Å². The molecule has 0 fully saturated rings. The van der Waals surface area contributed by atoms with Gasteiger partial charge in [-0.05, 0) is 54.1 Å². The van der Waals surface area contributed by atoms with Crippen molar-refractivity contribution >= 4 is 11.6 Å². The van der Waals surface area contributed by atoms with E-state index in [-0.39, 0.29) is 11.7 Å². The monoisotopic (exact) mass is 363 g/mol. The van der Waals surface area contributed by atoms with Gasteiger partial charge in [0.05, 0.1) is 18.4 Å². The quantitative estimate of drug-likeness (QED) is 0.745. The van der Waals surface area contributed by atoms with Gasteiger partial charge in [-0.2, -0.15) is 0 Å². The Hall–Kier alpha value is -3.41. The lowest BCUT2D eigenvalue weighted by Crippen LogP contribution is -2.32. The molecule has 1 aliphatic rings. The molecule has 1 N–H and O–H groups in total. The highest BCUT2D eigenvalue weighted by Gasteiger charge is 2.37. The van der Waals surface area contributed by atoms with E-state index >= 15 is 0 Å². The Morgan fingerprint density at radius 3 is 2.56 bits per heavy atom. The van der Waals surface area contributed by atoms with Gasteiger partial charge in [0, 0.05) is 18.4 Å². The Kier molecular flexibility index (Phi) is 4.46. The SMILES string of the molecule is COc1ccc(N[C@H]2c3ncccc3C(=O)N2Cc2ccc(F)cc2)cc1. The Morgan fingerprint density at radius 1 is 1.11 bits per heavy atom. The Bertz CT molecular complexity index is 958. The summed E-state index contributed by atoms with van der Waals surface area (Å²) < 4.78 is 18.4. The van der Waals surface area contributed by atoms with Gasteiger partial charge in [0.1, 0.15) is 17.7 Å². The van der Waals surface area contributed by atoms with Crippen LogP contribution in [0.2, 0.25) is 0 Å². The summed E-state index contributed by atoms with van der Waals surface area (Å²) >= 11 is 0. The molecular weight excluding hydrogens is 345 g/mol. The number of nitrogens with one attached hydrogen (secondary N) is 1. The molecule has 27 heavy (non-hydrogen) atoms. The van der Waals surface area contributed by atoms with Gasteiger partial charge >= 0.3 is 0 Å². The number of fused-ring (bicyclic) bond motifs is 1. The van der Waals surface area contributed by atoms with Crippen molar-refractivity contribution < 1.29 is 13.9 Å². The van der Waals surface area contributed by atoms with Gasteiger partial charge in [0.25, 0.3) is 5.91 Å². The Morgan fingerprint density at radius 2 is 1.85 bits per heavy atom. The number of benzene rings is 2. The third kappa shape index (κ3) is 3.33. The van der Waals surface area contributed by atoms with Crippen LogP contribution in [0.3, 0.4) is 0 Å². The first kappa shape index (κ1) is 17.0. The minimum absolute atomic E-state index is 0.103. The number of aromatic nitrogens is 1. The summed E-state index contributed by atoms with van der Waals surface area (Å²) in [5.41, 5.74) is 2.95. The predicted octanol–water partition coefficient (Wildman–Crippen LogP) is 4.00. The maximum Gasteiger partial charge on any atom is 0.258 e. The fourth-order valence-electron chi connectivity index (χ4n) is 3.18. The molecule has 5 nitrogen and oxygen atoms in total. The number of halogens is 1. The number of hydrogen-bond acceptors (Lipinski definition) is 4. The molecule has 1 aliphatic heterocycles. The molecule has 2 heterocycles. The molecule has 4 rings (SSSR count). The molecular formula is C21H18FN3O2. The molecule has 0 unspecified atom stereocenters. The van der Waals surface area contributed by atoms with Crippen LogP contribution in [-0.2, 0) is 6.54 Å². The predicted molar refractivity (Wildman–Crippen MR) is 99.9 cm³/mol. The summed E-state index contributed by atoms with van der Waals surface area (Å²) in [6.45, 7) is 0.350. The summed E-state index contributed by atoms with van der Waals surface area (Å²) in [6.07, 6.45) is 1.27. The summed E-state index contributed by atoms with van der Waals surface area (Å²) in [4.78, 5) is 19.0. The molecule has 6 heteroatoms. The summed E-state index contributed by atoms with van der Waals surface area (Å²) in [5.74, 6) is 0.350. The molecule has 0 spiro atoms. The second-order valence-electron chi connectivity index (χ2n) is 6.27. The van der Waals surface area contributed by atoms with E-state index in [1.807, 2.05) is 24.3 Å². The van der Waals surface area contributed by atoms with Crippen molar-refractivity contribution in [1.29, 1.82) is 0 Å². The molecule has 2 aromatic carbocycles. The number of amides is 1. The third-order valence-corrected chi connectivity index (χ3v) is 4.56. The number of carbonyl (C=O) groups is 1. The van der Waals surface area contributed by atoms with Crippen LogP contribution in [0.15, 0.2) is 66.9 Å². The third-order valence-electron chi connectivity index (χ3n) is 4.56. The molecule has 1 aromatic heterocycles. The minimum Gasteiger partial charge on any atom is -0.497 e. The zero-order chi connectivity index (χ0) is 18.8. The van der Waals surface area contributed by atoms with Crippen molar-refractivity contribution in [2.75, 3.05) is 12.4 Å². The van der Waals surface area contributed by atoms with E-state index in [0.29, 0.717) is 17.8 Å². The minimum atomic E-state index is -0.410. The number of carbonyl (C=O) groups excluding carboxylic acids is 1. The van der Waals surface area contributed by atoms with E-state index in [1.54, 1.807) is 42.5 Å². The van der Waals surface area contributed by atoms with E-state index in [0.717, 1.165) is 17.0 Å². The van der Waals surface area contributed by atoms with Gasteiger partial charge in [-0.1, -0.05) is 12.1 Å². The molecule has 0 aliphatic carbocycles. The van der Waals surface area contributed by atoms with Gasteiger partial charge in [-0.25, -0.2) is 4.39 Å². The van der Waals surface area contributed by atoms with E-state index in [4.69, 9.17) is 4.74 Å². The summed E-state index contributed by atoms with van der Waals surface area (Å²) in [6, 6.07) is 17.2. The van der Waals surface area contributed by atoms with E-state index in [1.165, 1.54) is 12.1 Å². The van der Waals surface area contributed by atoms with Gasteiger partial charge in [0.2, 0.25) is 0 Å². The zero-order valence-electron chi connectivity index (χ0n) is 14.7. The van der Waals surface area contributed by atoms with Crippen LogP contribution in [0.5, 0.6) is 5.75 Å². The molecule has 136 valence electrons. The molecule has 1 atom stereocenters. The molecule has 0 bridgehead atoms. The van der Waals surface area contributed by atoms with Crippen LogP contribution < -0.4 is 10.1 Å². The molecule has 3 aromatic rings. The first-order valence-electron chi connectivity index (χ1n) is 8.56. The maximum atomic E-state index is 13.2. The second kappa shape index (κ2) is 7.07. The number of rotatable bonds is 5. The lowest BCUT2D eigenvalue weighted by Gasteiger charge is -2.26. The van der Waals surface area contributed by atoms with Crippen molar-refractivity contribution in [3.05, 3.63) is 89.5 Å².